The first-order valence-corrected chi connectivity index (χ1v) is 6.91. The zero-order valence-corrected chi connectivity index (χ0v) is 12.1. The lowest BCUT2D eigenvalue weighted by atomic mass is 10.0. The number of aryl methyl sites for hydroxylation is 3. The third-order valence-corrected chi connectivity index (χ3v) is 3.28. The van der Waals surface area contributed by atoms with E-state index in [0.29, 0.717) is 31.9 Å². The van der Waals surface area contributed by atoms with Gasteiger partial charge in [0.2, 0.25) is 5.91 Å². The Balaban J connectivity index is 1.75. The quantitative estimate of drug-likeness (QED) is 0.896. The van der Waals surface area contributed by atoms with Gasteiger partial charge in [-0.2, -0.15) is 0 Å². The van der Waals surface area contributed by atoms with Crippen LogP contribution in [0.15, 0.2) is 30.2 Å². The minimum absolute atomic E-state index is 0.0278. The van der Waals surface area contributed by atoms with Crippen LogP contribution in [0.2, 0.25) is 0 Å². The largest absolute Gasteiger partial charge is 0.494 e. The Morgan fingerprint density at radius 3 is 2.85 bits per heavy atom. The van der Waals surface area contributed by atoms with Crippen molar-refractivity contribution >= 4 is 5.91 Å². The second-order valence-electron chi connectivity index (χ2n) is 5.01. The van der Waals surface area contributed by atoms with Gasteiger partial charge in [0, 0.05) is 6.42 Å². The highest BCUT2D eigenvalue weighted by Crippen LogP contribution is 2.12. The van der Waals surface area contributed by atoms with Crippen LogP contribution in [-0.2, 0) is 20.7 Å². The average molecular weight is 275 g/mol. The first-order valence-electron chi connectivity index (χ1n) is 6.91. The van der Waals surface area contributed by atoms with E-state index in [1.54, 1.807) is 6.26 Å². The number of amides is 1. The van der Waals surface area contributed by atoms with E-state index in [4.69, 9.17) is 9.47 Å². The van der Waals surface area contributed by atoms with Crippen molar-refractivity contribution in [3.63, 3.8) is 0 Å². The third kappa shape index (κ3) is 4.30. The molecule has 1 aliphatic heterocycles. The number of nitrogens with one attached hydrogen (secondary N) is 1. The van der Waals surface area contributed by atoms with Crippen LogP contribution in [-0.4, -0.2) is 25.7 Å². The Kier molecular flexibility index (Phi) is 5.04. The molecule has 0 bridgehead atoms. The summed E-state index contributed by atoms with van der Waals surface area (Å²) in [6, 6.07) is 6.32. The first-order chi connectivity index (χ1) is 9.65. The summed E-state index contributed by atoms with van der Waals surface area (Å²) in [6.45, 7) is 5.67. The van der Waals surface area contributed by atoms with Gasteiger partial charge in [-0.25, -0.2) is 0 Å². The summed E-state index contributed by atoms with van der Waals surface area (Å²) >= 11 is 0. The molecule has 0 spiro atoms. The Morgan fingerprint density at radius 1 is 1.30 bits per heavy atom. The molecule has 4 heteroatoms. The molecule has 0 atom stereocenters. The van der Waals surface area contributed by atoms with E-state index in [0.717, 1.165) is 6.42 Å². The number of carbonyl (C=O) groups excluding carboxylic acids is 1. The number of ether oxygens (including phenoxy) is 2. The maximum atomic E-state index is 11.8. The van der Waals surface area contributed by atoms with Gasteiger partial charge >= 0.3 is 0 Å². The fourth-order valence-electron chi connectivity index (χ4n) is 2.15. The van der Waals surface area contributed by atoms with Crippen molar-refractivity contribution < 1.29 is 14.3 Å². The molecule has 0 saturated heterocycles. The van der Waals surface area contributed by atoms with Gasteiger partial charge in [-0.1, -0.05) is 23.8 Å². The van der Waals surface area contributed by atoms with Crippen molar-refractivity contribution in [3.05, 3.63) is 46.9 Å². The minimum atomic E-state index is 0.0278. The lowest BCUT2D eigenvalue weighted by molar-refractivity contribution is -0.121. The van der Waals surface area contributed by atoms with Crippen LogP contribution >= 0.6 is 0 Å². The van der Waals surface area contributed by atoms with Gasteiger partial charge in [-0.15, -0.1) is 0 Å². The predicted molar refractivity (Wildman–Crippen MR) is 77.2 cm³/mol. The van der Waals surface area contributed by atoms with Gasteiger partial charge in [0.15, 0.2) is 0 Å². The summed E-state index contributed by atoms with van der Waals surface area (Å²) in [5, 5.41) is 2.84. The average Bonchev–Trinajstić information content (AvgIpc) is 2.45. The fraction of sp³-hybridized carbons (Fsp3) is 0.438. The van der Waals surface area contributed by atoms with E-state index in [2.05, 4.69) is 37.4 Å². The maximum Gasteiger partial charge on any atom is 0.220 e. The van der Waals surface area contributed by atoms with Crippen LogP contribution < -0.4 is 5.32 Å². The molecule has 0 aliphatic carbocycles. The molecule has 2 rings (SSSR count). The molecule has 1 aromatic rings. The van der Waals surface area contributed by atoms with Crippen molar-refractivity contribution in [2.45, 2.75) is 26.7 Å². The SMILES string of the molecule is Cc1ccc(CCC(=O)NCC2=COCCO2)c(C)c1. The van der Waals surface area contributed by atoms with Crippen LogP contribution in [0.5, 0.6) is 0 Å². The fourth-order valence-corrected chi connectivity index (χ4v) is 2.15. The molecule has 1 amide bonds. The molecular formula is C16H21NO3. The monoisotopic (exact) mass is 275 g/mol. The Morgan fingerprint density at radius 2 is 2.15 bits per heavy atom. The van der Waals surface area contributed by atoms with Crippen LogP contribution in [0, 0.1) is 13.8 Å². The highest BCUT2D eigenvalue weighted by atomic mass is 16.6. The van der Waals surface area contributed by atoms with Gasteiger partial charge in [0.1, 0.15) is 25.2 Å². The summed E-state index contributed by atoms with van der Waals surface area (Å²) in [6.07, 6.45) is 2.81. The predicted octanol–water partition coefficient (Wildman–Crippen LogP) is 2.24. The number of rotatable bonds is 5. The molecule has 108 valence electrons. The summed E-state index contributed by atoms with van der Waals surface area (Å²) < 4.78 is 10.5. The summed E-state index contributed by atoms with van der Waals surface area (Å²) in [7, 11) is 0. The number of hydrogen-bond acceptors (Lipinski definition) is 3. The van der Waals surface area contributed by atoms with Gasteiger partial charge in [-0.05, 0) is 31.4 Å². The van der Waals surface area contributed by atoms with E-state index in [1.165, 1.54) is 16.7 Å². The minimum Gasteiger partial charge on any atom is -0.494 e. The highest BCUT2D eigenvalue weighted by molar-refractivity contribution is 5.76. The lowest BCUT2D eigenvalue weighted by Gasteiger charge is -2.16. The molecule has 1 aliphatic rings. The molecule has 1 N–H and O–H groups in total. The summed E-state index contributed by atoms with van der Waals surface area (Å²) in [5.74, 6) is 0.705. The molecule has 1 aromatic carbocycles. The molecule has 0 unspecified atom stereocenters. The van der Waals surface area contributed by atoms with E-state index < -0.39 is 0 Å². The molecular weight excluding hydrogens is 254 g/mol. The highest BCUT2D eigenvalue weighted by Gasteiger charge is 2.08. The second-order valence-corrected chi connectivity index (χ2v) is 5.01. The third-order valence-electron chi connectivity index (χ3n) is 3.28. The van der Waals surface area contributed by atoms with Crippen molar-refractivity contribution in [2.75, 3.05) is 19.8 Å². The smallest absolute Gasteiger partial charge is 0.220 e. The molecule has 1 heterocycles. The Labute approximate surface area is 119 Å². The summed E-state index contributed by atoms with van der Waals surface area (Å²) in [4.78, 5) is 11.8. The standard InChI is InChI=1S/C16H21NO3/c1-12-3-4-14(13(2)9-12)5-6-16(18)17-10-15-11-19-7-8-20-15/h3-4,9,11H,5-8,10H2,1-2H3,(H,17,18). The van der Waals surface area contributed by atoms with Gasteiger partial charge < -0.3 is 14.8 Å². The van der Waals surface area contributed by atoms with Gasteiger partial charge in [0.25, 0.3) is 0 Å². The topological polar surface area (TPSA) is 47.6 Å². The van der Waals surface area contributed by atoms with E-state index >= 15 is 0 Å². The lowest BCUT2D eigenvalue weighted by Crippen LogP contribution is -2.28. The zero-order valence-electron chi connectivity index (χ0n) is 12.1. The number of hydrogen-bond donors (Lipinski definition) is 1. The molecule has 0 fully saturated rings. The Bertz CT molecular complexity index is 508. The maximum absolute atomic E-state index is 11.8. The van der Waals surface area contributed by atoms with Crippen molar-refractivity contribution in [3.8, 4) is 0 Å². The van der Waals surface area contributed by atoms with Crippen molar-refractivity contribution in [1.82, 2.24) is 5.32 Å². The molecule has 0 aromatic heterocycles. The molecule has 0 radical (unpaired) electrons. The summed E-state index contributed by atoms with van der Waals surface area (Å²) in [5.41, 5.74) is 3.71. The van der Waals surface area contributed by atoms with Crippen LogP contribution in [0.1, 0.15) is 23.1 Å². The van der Waals surface area contributed by atoms with Crippen molar-refractivity contribution in [1.29, 1.82) is 0 Å². The van der Waals surface area contributed by atoms with Crippen molar-refractivity contribution in [2.24, 2.45) is 0 Å². The van der Waals surface area contributed by atoms with Crippen LogP contribution in [0.3, 0.4) is 0 Å². The van der Waals surface area contributed by atoms with E-state index in [9.17, 15) is 4.79 Å². The normalized spacial score (nSPS) is 14.0. The molecule has 20 heavy (non-hydrogen) atoms. The molecule has 0 saturated carbocycles. The van der Waals surface area contributed by atoms with Gasteiger partial charge in [-0.3, -0.25) is 4.79 Å². The number of carbonyl (C=O) groups is 1. The van der Waals surface area contributed by atoms with Crippen LogP contribution in [0.4, 0.5) is 0 Å². The number of benzene rings is 1. The van der Waals surface area contributed by atoms with E-state index in [-0.39, 0.29) is 5.91 Å². The van der Waals surface area contributed by atoms with Gasteiger partial charge in [0.05, 0.1) is 6.54 Å². The first kappa shape index (κ1) is 14.4. The zero-order chi connectivity index (χ0) is 14.4. The van der Waals surface area contributed by atoms with Crippen LogP contribution in [0.25, 0.3) is 0 Å². The Hall–Kier alpha value is -1.97. The second kappa shape index (κ2) is 6.98. The molecule has 4 nitrogen and oxygen atoms in total. The van der Waals surface area contributed by atoms with E-state index in [1.807, 2.05) is 0 Å².